The fourth-order valence-corrected chi connectivity index (χ4v) is 1.86. The third-order valence-electron chi connectivity index (χ3n) is 2.66. The molecule has 2 aliphatic rings. The molecule has 0 bridgehead atoms. The third kappa shape index (κ3) is 2.15. The van der Waals surface area contributed by atoms with Gasteiger partial charge in [-0.2, -0.15) is 0 Å². The van der Waals surface area contributed by atoms with E-state index in [9.17, 15) is 14.4 Å². The second kappa shape index (κ2) is 3.98. The summed E-state index contributed by atoms with van der Waals surface area (Å²) >= 11 is 0. The molecule has 2 atom stereocenters. The quantitative estimate of drug-likeness (QED) is 0.474. The maximum absolute atomic E-state index is 11.4. The molecule has 3 amide bonds. The van der Waals surface area contributed by atoms with Crippen molar-refractivity contribution in [2.24, 2.45) is 0 Å². The van der Waals surface area contributed by atoms with Crippen molar-refractivity contribution in [3.63, 3.8) is 0 Å². The van der Waals surface area contributed by atoms with Crippen LogP contribution in [-0.4, -0.2) is 36.3 Å². The van der Waals surface area contributed by atoms with E-state index in [1.165, 1.54) is 0 Å². The number of imide groups is 1. The first-order chi connectivity index (χ1) is 7.16. The van der Waals surface area contributed by atoms with Gasteiger partial charge in [-0.1, -0.05) is 0 Å². The molecule has 3 N–H and O–H groups in total. The normalized spacial score (nSPS) is 31.3. The van der Waals surface area contributed by atoms with Crippen LogP contribution in [0, 0.1) is 0 Å². The van der Waals surface area contributed by atoms with E-state index in [0.29, 0.717) is 13.0 Å². The van der Waals surface area contributed by atoms with E-state index in [1.54, 1.807) is 0 Å². The molecule has 0 unspecified atom stereocenters. The van der Waals surface area contributed by atoms with E-state index in [4.69, 9.17) is 0 Å². The van der Waals surface area contributed by atoms with Gasteiger partial charge in [0, 0.05) is 6.54 Å². The van der Waals surface area contributed by atoms with Gasteiger partial charge in [0.1, 0.15) is 0 Å². The fourth-order valence-electron chi connectivity index (χ4n) is 1.86. The monoisotopic (exact) mass is 211 g/mol. The van der Waals surface area contributed by atoms with E-state index in [1.807, 2.05) is 0 Å². The zero-order valence-electron chi connectivity index (χ0n) is 8.21. The van der Waals surface area contributed by atoms with Crippen LogP contribution in [0.5, 0.6) is 0 Å². The molecule has 0 aromatic carbocycles. The summed E-state index contributed by atoms with van der Waals surface area (Å²) in [5, 5.41) is 7.82. The van der Waals surface area contributed by atoms with E-state index < -0.39 is 6.04 Å². The van der Waals surface area contributed by atoms with Crippen molar-refractivity contribution in [1.29, 1.82) is 0 Å². The summed E-state index contributed by atoms with van der Waals surface area (Å²) in [5.41, 5.74) is 0. The Bertz CT molecular complexity index is 316. The average molecular weight is 211 g/mol. The van der Waals surface area contributed by atoms with Crippen molar-refractivity contribution >= 4 is 17.7 Å². The molecule has 2 saturated heterocycles. The molecule has 0 saturated carbocycles. The molecule has 2 heterocycles. The Balaban J connectivity index is 1.93. The lowest BCUT2D eigenvalue weighted by Gasteiger charge is -2.24. The molecular weight excluding hydrogens is 198 g/mol. The lowest BCUT2D eigenvalue weighted by molar-refractivity contribution is -0.125. The zero-order chi connectivity index (χ0) is 10.8. The van der Waals surface area contributed by atoms with Gasteiger partial charge in [0.25, 0.3) is 0 Å². The molecule has 2 rings (SSSR count). The van der Waals surface area contributed by atoms with E-state index in [0.717, 1.165) is 6.42 Å². The topological polar surface area (TPSA) is 87.3 Å². The van der Waals surface area contributed by atoms with E-state index >= 15 is 0 Å². The second-order valence-corrected chi connectivity index (χ2v) is 3.82. The van der Waals surface area contributed by atoms with Crippen molar-refractivity contribution in [2.45, 2.75) is 31.3 Å². The van der Waals surface area contributed by atoms with Crippen LogP contribution in [0.2, 0.25) is 0 Å². The lowest BCUT2D eigenvalue weighted by Crippen LogP contribution is -2.53. The standard InChI is InChI=1S/C9H13N3O3/c13-7-4-6(9(15)12-7)11-5-2-1-3-10-8(5)14/h5-6,11H,1-4H2,(H,10,14)(H,12,13,15)/t5-,6+/m0/s1. The van der Waals surface area contributed by atoms with Gasteiger partial charge in [-0.25, -0.2) is 0 Å². The molecule has 2 aliphatic heterocycles. The average Bonchev–Trinajstić information content (AvgIpc) is 2.49. The van der Waals surface area contributed by atoms with Crippen LogP contribution in [0.25, 0.3) is 0 Å². The number of hydrogen-bond acceptors (Lipinski definition) is 4. The number of piperidine rings is 1. The maximum Gasteiger partial charge on any atom is 0.244 e. The number of nitrogens with one attached hydrogen (secondary N) is 3. The van der Waals surface area contributed by atoms with Crippen LogP contribution in [0.1, 0.15) is 19.3 Å². The molecule has 0 radical (unpaired) electrons. The number of carbonyl (C=O) groups is 3. The summed E-state index contributed by atoms with van der Waals surface area (Å²) in [6.07, 6.45) is 1.73. The predicted octanol–water partition coefficient (Wildman–Crippen LogP) is -1.73. The Morgan fingerprint density at radius 1 is 1.13 bits per heavy atom. The molecule has 0 aromatic rings. The molecule has 6 heteroatoms. The molecule has 2 fully saturated rings. The Morgan fingerprint density at radius 3 is 2.53 bits per heavy atom. The van der Waals surface area contributed by atoms with Gasteiger partial charge in [0.2, 0.25) is 17.7 Å². The lowest BCUT2D eigenvalue weighted by atomic mass is 10.1. The van der Waals surface area contributed by atoms with E-state index in [2.05, 4.69) is 16.0 Å². The van der Waals surface area contributed by atoms with Crippen LogP contribution in [0.4, 0.5) is 0 Å². The summed E-state index contributed by atoms with van der Waals surface area (Å²) < 4.78 is 0. The summed E-state index contributed by atoms with van der Waals surface area (Å²) in [4.78, 5) is 33.5. The first kappa shape index (κ1) is 10.1. The predicted molar refractivity (Wildman–Crippen MR) is 50.7 cm³/mol. The largest absolute Gasteiger partial charge is 0.355 e. The van der Waals surface area contributed by atoms with Crippen LogP contribution in [-0.2, 0) is 14.4 Å². The van der Waals surface area contributed by atoms with Crippen LogP contribution >= 0.6 is 0 Å². The summed E-state index contributed by atoms with van der Waals surface area (Å²) in [7, 11) is 0. The van der Waals surface area contributed by atoms with Crippen molar-refractivity contribution in [1.82, 2.24) is 16.0 Å². The number of amides is 3. The Hall–Kier alpha value is -1.43. The number of rotatable bonds is 2. The fraction of sp³-hybridized carbons (Fsp3) is 0.667. The smallest absolute Gasteiger partial charge is 0.244 e. The molecular formula is C9H13N3O3. The van der Waals surface area contributed by atoms with Crippen LogP contribution in [0.15, 0.2) is 0 Å². The Labute approximate surface area is 86.8 Å². The van der Waals surface area contributed by atoms with Gasteiger partial charge in [0.05, 0.1) is 18.5 Å². The van der Waals surface area contributed by atoms with Gasteiger partial charge < -0.3 is 5.32 Å². The highest BCUT2D eigenvalue weighted by molar-refractivity contribution is 6.05. The van der Waals surface area contributed by atoms with Crippen molar-refractivity contribution < 1.29 is 14.4 Å². The van der Waals surface area contributed by atoms with Crippen LogP contribution < -0.4 is 16.0 Å². The summed E-state index contributed by atoms with van der Waals surface area (Å²) in [6.45, 7) is 0.687. The first-order valence-electron chi connectivity index (χ1n) is 5.04. The van der Waals surface area contributed by atoms with Gasteiger partial charge in [-0.15, -0.1) is 0 Å². The Kier molecular flexibility index (Phi) is 2.68. The first-order valence-corrected chi connectivity index (χ1v) is 5.04. The Morgan fingerprint density at radius 2 is 1.93 bits per heavy atom. The molecule has 0 spiro atoms. The van der Waals surface area contributed by atoms with Gasteiger partial charge in [0.15, 0.2) is 0 Å². The number of hydrogen-bond donors (Lipinski definition) is 3. The zero-order valence-corrected chi connectivity index (χ0v) is 8.21. The van der Waals surface area contributed by atoms with Gasteiger partial charge in [-0.3, -0.25) is 25.0 Å². The highest BCUT2D eigenvalue weighted by atomic mass is 16.2. The summed E-state index contributed by atoms with van der Waals surface area (Å²) in [5.74, 6) is -0.708. The molecule has 0 aliphatic carbocycles. The maximum atomic E-state index is 11.4. The van der Waals surface area contributed by atoms with E-state index in [-0.39, 0.29) is 30.2 Å². The highest BCUT2D eigenvalue weighted by Gasteiger charge is 2.34. The highest BCUT2D eigenvalue weighted by Crippen LogP contribution is 2.08. The minimum absolute atomic E-state index is 0.0894. The van der Waals surface area contributed by atoms with Crippen molar-refractivity contribution in [3.8, 4) is 0 Å². The molecule has 0 aromatic heterocycles. The molecule has 6 nitrogen and oxygen atoms in total. The summed E-state index contributed by atoms with van der Waals surface area (Å²) in [6, 6.07) is -0.897. The minimum Gasteiger partial charge on any atom is -0.355 e. The third-order valence-corrected chi connectivity index (χ3v) is 2.66. The molecule has 82 valence electrons. The van der Waals surface area contributed by atoms with Crippen LogP contribution in [0.3, 0.4) is 0 Å². The minimum atomic E-state index is -0.550. The SMILES string of the molecule is O=C1C[C@@H](N[C@H]2CCCNC2=O)C(=O)N1. The van der Waals surface area contributed by atoms with Crippen molar-refractivity contribution in [2.75, 3.05) is 6.54 Å². The van der Waals surface area contributed by atoms with Gasteiger partial charge >= 0.3 is 0 Å². The molecule has 15 heavy (non-hydrogen) atoms. The van der Waals surface area contributed by atoms with Crippen molar-refractivity contribution in [3.05, 3.63) is 0 Å². The number of carbonyl (C=O) groups excluding carboxylic acids is 3. The van der Waals surface area contributed by atoms with Gasteiger partial charge in [-0.05, 0) is 12.8 Å². The second-order valence-electron chi connectivity index (χ2n) is 3.82.